The summed E-state index contributed by atoms with van der Waals surface area (Å²) in [6.07, 6.45) is 3.95. The Morgan fingerprint density at radius 2 is 2.12 bits per heavy atom. The second-order valence-electron chi connectivity index (χ2n) is 4.92. The molecule has 3 unspecified atom stereocenters. The van der Waals surface area contributed by atoms with Crippen LogP contribution in [0.15, 0.2) is 0 Å². The van der Waals surface area contributed by atoms with Crippen molar-refractivity contribution in [3.8, 4) is 0 Å². The molecule has 1 aliphatic rings. The molecule has 0 spiro atoms. The van der Waals surface area contributed by atoms with Crippen molar-refractivity contribution in [1.82, 2.24) is 4.90 Å². The largest absolute Gasteiger partial charge is 0.341 e. The van der Waals surface area contributed by atoms with Crippen LogP contribution < -0.4 is 5.73 Å². The van der Waals surface area contributed by atoms with Gasteiger partial charge < -0.3 is 10.6 Å². The summed E-state index contributed by atoms with van der Waals surface area (Å²) >= 11 is 1.74. The molecule has 1 rings (SSSR count). The molecule has 1 saturated heterocycles. The van der Waals surface area contributed by atoms with E-state index in [1.807, 2.05) is 11.2 Å². The molecule has 2 N–H and O–H groups in total. The Balaban J connectivity index is 0.00000256. The van der Waals surface area contributed by atoms with E-state index < -0.39 is 0 Å². The fraction of sp³-hybridized carbons (Fsp3) is 0.917. The van der Waals surface area contributed by atoms with Gasteiger partial charge in [0.15, 0.2) is 0 Å². The van der Waals surface area contributed by atoms with Crippen molar-refractivity contribution in [2.75, 3.05) is 25.1 Å². The molecule has 1 amide bonds. The molecular weight excluding hydrogens is 256 g/mol. The van der Waals surface area contributed by atoms with Gasteiger partial charge in [-0.05, 0) is 36.7 Å². The second-order valence-corrected chi connectivity index (χ2v) is 5.90. The fourth-order valence-electron chi connectivity index (χ4n) is 2.07. The monoisotopic (exact) mass is 280 g/mol. The van der Waals surface area contributed by atoms with E-state index in [2.05, 4.69) is 13.8 Å². The van der Waals surface area contributed by atoms with Gasteiger partial charge in [-0.15, -0.1) is 12.4 Å². The lowest BCUT2D eigenvalue weighted by molar-refractivity contribution is -0.135. The van der Waals surface area contributed by atoms with Crippen LogP contribution in [0.4, 0.5) is 0 Å². The second kappa shape index (κ2) is 8.22. The summed E-state index contributed by atoms with van der Waals surface area (Å²) in [6.45, 7) is 6.25. The Labute approximate surface area is 115 Å². The maximum absolute atomic E-state index is 12.0. The average molecular weight is 281 g/mol. The average Bonchev–Trinajstić information content (AvgIpc) is 2.28. The maximum Gasteiger partial charge on any atom is 0.239 e. The van der Waals surface area contributed by atoms with Crippen LogP contribution in [-0.4, -0.2) is 41.9 Å². The van der Waals surface area contributed by atoms with Crippen molar-refractivity contribution >= 4 is 30.1 Å². The standard InChI is InChI=1S/C12H24N2OS.ClH/c1-9-4-6-14(8-10(9)2)12(15)11(13)5-7-16-3;/h9-11H,4-8,13H2,1-3H3;1H. The van der Waals surface area contributed by atoms with Gasteiger partial charge in [-0.25, -0.2) is 0 Å². The van der Waals surface area contributed by atoms with Gasteiger partial charge in [0.2, 0.25) is 5.91 Å². The summed E-state index contributed by atoms with van der Waals surface area (Å²) in [5, 5.41) is 0. The summed E-state index contributed by atoms with van der Waals surface area (Å²) in [7, 11) is 0. The number of rotatable bonds is 4. The van der Waals surface area contributed by atoms with Gasteiger partial charge in [0.25, 0.3) is 0 Å². The maximum atomic E-state index is 12.0. The highest BCUT2D eigenvalue weighted by molar-refractivity contribution is 7.98. The first-order valence-electron chi connectivity index (χ1n) is 6.09. The molecular formula is C12H25ClN2OS. The van der Waals surface area contributed by atoms with Gasteiger partial charge in [0.05, 0.1) is 6.04 Å². The van der Waals surface area contributed by atoms with Crippen LogP contribution >= 0.6 is 24.2 Å². The smallest absolute Gasteiger partial charge is 0.239 e. The van der Waals surface area contributed by atoms with Crippen molar-refractivity contribution in [3.63, 3.8) is 0 Å². The van der Waals surface area contributed by atoms with E-state index in [4.69, 9.17) is 5.73 Å². The van der Waals surface area contributed by atoms with E-state index in [0.717, 1.165) is 37.6 Å². The highest BCUT2D eigenvalue weighted by atomic mass is 35.5. The molecule has 0 aromatic heterocycles. The molecule has 5 heteroatoms. The number of thioether (sulfide) groups is 1. The van der Waals surface area contributed by atoms with Gasteiger partial charge in [-0.2, -0.15) is 11.8 Å². The van der Waals surface area contributed by atoms with Crippen LogP contribution in [0.2, 0.25) is 0 Å². The first-order chi connectivity index (χ1) is 7.56. The molecule has 3 atom stereocenters. The van der Waals surface area contributed by atoms with E-state index >= 15 is 0 Å². The van der Waals surface area contributed by atoms with Crippen LogP contribution in [0.1, 0.15) is 26.7 Å². The topological polar surface area (TPSA) is 46.3 Å². The summed E-state index contributed by atoms with van der Waals surface area (Å²) in [5.41, 5.74) is 5.91. The molecule has 0 bridgehead atoms. The number of nitrogens with two attached hydrogens (primary N) is 1. The first kappa shape index (κ1) is 17.1. The van der Waals surface area contributed by atoms with E-state index in [1.165, 1.54) is 0 Å². The summed E-state index contributed by atoms with van der Waals surface area (Å²) < 4.78 is 0. The molecule has 0 aromatic carbocycles. The molecule has 102 valence electrons. The number of hydrogen-bond acceptors (Lipinski definition) is 3. The van der Waals surface area contributed by atoms with Gasteiger partial charge in [-0.1, -0.05) is 13.8 Å². The van der Waals surface area contributed by atoms with Crippen LogP contribution in [-0.2, 0) is 4.79 Å². The van der Waals surface area contributed by atoms with Gasteiger partial charge in [0.1, 0.15) is 0 Å². The minimum Gasteiger partial charge on any atom is -0.341 e. The lowest BCUT2D eigenvalue weighted by atomic mass is 9.88. The summed E-state index contributed by atoms with van der Waals surface area (Å²) in [5.74, 6) is 2.44. The fourth-order valence-corrected chi connectivity index (χ4v) is 2.56. The van der Waals surface area contributed by atoms with Crippen molar-refractivity contribution in [2.45, 2.75) is 32.7 Å². The van der Waals surface area contributed by atoms with Crippen LogP contribution in [0.5, 0.6) is 0 Å². The third-order valence-electron chi connectivity index (χ3n) is 3.60. The quantitative estimate of drug-likeness (QED) is 0.857. The van der Waals surface area contributed by atoms with E-state index in [0.29, 0.717) is 5.92 Å². The number of amides is 1. The molecule has 1 aliphatic heterocycles. The summed E-state index contributed by atoms with van der Waals surface area (Å²) in [6, 6.07) is -0.298. The molecule has 17 heavy (non-hydrogen) atoms. The summed E-state index contributed by atoms with van der Waals surface area (Å²) in [4.78, 5) is 14.0. The Kier molecular flexibility index (Phi) is 8.25. The molecule has 1 fully saturated rings. The minimum absolute atomic E-state index is 0. The molecule has 0 radical (unpaired) electrons. The number of nitrogens with zero attached hydrogens (tertiary/aromatic N) is 1. The lowest BCUT2D eigenvalue weighted by Gasteiger charge is -2.36. The predicted molar refractivity (Wildman–Crippen MR) is 77.7 cm³/mol. The normalized spacial score (nSPS) is 26.2. The number of carbonyl (C=O) groups is 1. The molecule has 0 aliphatic carbocycles. The van der Waals surface area contributed by atoms with Crippen molar-refractivity contribution < 1.29 is 4.79 Å². The number of carbonyl (C=O) groups excluding carboxylic acids is 1. The molecule has 0 saturated carbocycles. The van der Waals surface area contributed by atoms with Gasteiger partial charge in [-0.3, -0.25) is 4.79 Å². The van der Waals surface area contributed by atoms with E-state index in [1.54, 1.807) is 11.8 Å². The van der Waals surface area contributed by atoms with E-state index in [9.17, 15) is 4.79 Å². The highest BCUT2D eigenvalue weighted by Crippen LogP contribution is 2.22. The van der Waals surface area contributed by atoms with Crippen molar-refractivity contribution in [2.24, 2.45) is 17.6 Å². The van der Waals surface area contributed by atoms with Gasteiger partial charge >= 0.3 is 0 Å². The number of likely N-dealkylation sites (tertiary alicyclic amines) is 1. The van der Waals surface area contributed by atoms with E-state index in [-0.39, 0.29) is 24.4 Å². The van der Waals surface area contributed by atoms with Crippen LogP contribution in [0.25, 0.3) is 0 Å². The Morgan fingerprint density at radius 3 is 2.65 bits per heavy atom. The number of hydrogen-bond donors (Lipinski definition) is 1. The zero-order valence-electron chi connectivity index (χ0n) is 11.0. The van der Waals surface area contributed by atoms with Crippen LogP contribution in [0.3, 0.4) is 0 Å². The zero-order valence-corrected chi connectivity index (χ0v) is 12.6. The number of halogens is 1. The van der Waals surface area contributed by atoms with Crippen molar-refractivity contribution in [1.29, 1.82) is 0 Å². The zero-order chi connectivity index (χ0) is 12.1. The SMILES string of the molecule is CSCCC(N)C(=O)N1CCC(C)C(C)C1.Cl. The highest BCUT2D eigenvalue weighted by Gasteiger charge is 2.28. The Hall–Kier alpha value is 0.0700. The van der Waals surface area contributed by atoms with Gasteiger partial charge in [0, 0.05) is 13.1 Å². The lowest BCUT2D eigenvalue weighted by Crippen LogP contribution is -2.49. The van der Waals surface area contributed by atoms with Crippen molar-refractivity contribution in [3.05, 3.63) is 0 Å². The Morgan fingerprint density at radius 1 is 1.47 bits per heavy atom. The number of piperidine rings is 1. The predicted octanol–water partition coefficient (Wildman–Crippen LogP) is 1.99. The third kappa shape index (κ3) is 5.06. The Bertz CT molecular complexity index is 241. The molecule has 1 heterocycles. The molecule has 3 nitrogen and oxygen atoms in total. The third-order valence-corrected chi connectivity index (χ3v) is 4.24. The first-order valence-corrected chi connectivity index (χ1v) is 7.49. The van der Waals surface area contributed by atoms with Crippen LogP contribution in [0, 0.1) is 11.8 Å². The molecule has 0 aromatic rings. The minimum atomic E-state index is -0.298.